The zero-order valence-corrected chi connectivity index (χ0v) is 53.1. The number of ether oxygens (including phenoxy) is 3. The van der Waals surface area contributed by atoms with E-state index < -0.39 is 0 Å². The molecule has 23 heteroatoms. The van der Waals surface area contributed by atoms with E-state index in [9.17, 15) is 28.8 Å². The molecule has 4 aromatic heterocycles. The molecule has 1 saturated heterocycles. The molecule has 87 heavy (non-hydrogen) atoms. The minimum Gasteiger partial charge on any atom is -0.379 e. The van der Waals surface area contributed by atoms with Crippen LogP contribution in [0.1, 0.15) is 119 Å². The molecule has 5 amide bonds. The summed E-state index contributed by atoms with van der Waals surface area (Å²) < 4.78 is 19.8. The van der Waals surface area contributed by atoms with Crippen LogP contribution in [0.4, 0.5) is 17.2 Å². The van der Waals surface area contributed by atoms with Gasteiger partial charge in [-0.15, -0.1) is 22.7 Å². The second kappa shape index (κ2) is 34.2. The molecule has 1 aliphatic heterocycles. The van der Waals surface area contributed by atoms with Gasteiger partial charge in [-0.1, -0.05) is 42.3 Å². The van der Waals surface area contributed by atoms with Crippen LogP contribution >= 0.6 is 34.3 Å². The van der Waals surface area contributed by atoms with E-state index in [1.165, 1.54) is 11.3 Å². The average molecular weight is 1250 g/mol. The zero-order chi connectivity index (χ0) is 61.5. The maximum absolute atomic E-state index is 13.8. The number of hydrogen-bond acceptors (Lipinski definition) is 16. The summed E-state index contributed by atoms with van der Waals surface area (Å²) in [6, 6.07) is 19.3. The van der Waals surface area contributed by atoms with Crippen LogP contribution in [-0.2, 0) is 46.4 Å². The Morgan fingerprint density at radius 3 is 2.24 bits per heavy atom. The first-order valence-electron chi connectivity index (χ1n) is 30.6. The number of para-hydroxylation sites is 1. The number of hydrogen-bond donors (Lipinski definition) is 4. The van der Waals surface area contributed by atoms with Crippen LogP contribution in [0, 0.1) is 32.6 Å². The molecule has 5 heterocycles. The van der Waals surface area contributed by atoms with Gasteiger partial charge in [0.25, 0.3) is 5.91 Å². The Labute approximate surface area is 523 Å². The topological polar surface area (TPSA) is 232 Å². The largest absolute Gasteiger partial charge is 0.379 e. The van der Waals surface area contributed by atoms with Crippen LogP contribution in [0.5, 0.6) is 0 Å². The second-order valence-electron chi connectivity index (χ2n) is 22.3. The summed E-state index contributed by atoms with van der Waals surface area (Å²) in [4.78, 5) is 99.0. The van der Waals surface area contributed by atoms with Gasteiger partial charge in [-0.05, 0) is 119 Å². The highest BCUT2D eigenvalue weighted by Gasteiger charge is 2.30. The lowest BCUT2D eigenvalue weighted by atomic mass is 9.79. The lowest BCUT2D eigenvalue weighted by Gasteiger charge is -2.35. The van der Waals surface area contributed by atoms with Crippen LogP contribution < -0.4 is 31.1 Å². The van der Waals surface area contributed by atoms with Gasteiger partial charge >= 0.3 is 0 Å². The second-order valence-corrected chi connectivity index (χ2v) is 24.7. The van der Waals surface area contributed by atoms with Gasteiger partial charge in [-0.2, -0.15) is 0 Å². The number of nitrogens with zero attached hydrogens (tertiary/aromatic N) is 7. The van der Waals surface area contributed by atoms with Crippen molar-refractivity contribution in [2.45, 2.75) is 105 Å². The number of ketones is 1. The van der Waals surface area contributed by atoms with Crippen molar-refractivity contribution in [1.29, 1.82) is 0 Å². The van der Waals surface area contributed by atoms with Crippen LogP contribution in [0.2, 0.25) is 5.02 Å². The first-order valence-corrected chi connectivity index (χ1v) is 32.6. The molecule has 2 fully saturated rings. The van der Waals surface area contributed by atoms with Gasteiger partial charge in [0.15, 0.2) is 5.78 Å². The molecular formula is C64H84ClN11O9S2. The Morgan fingerprint density at radius 2 is 1.49 bits per heavy atom. The highest BCUT2D eigenvalue weighted by molar-refractivity contribution is 7.17. The van der Waals surface area contributed by atoms with Gasteiger partial charge < -0.3 is 49.8 Å². The standard InChI is InChI=1S/C64H84ClN11O9S2/c1-5-75(50-13-9-11-44(2)37-50)61(80)43-76-52-21-36-86-55(52)41-53(76)54(77)38-47-16-18-48(19-17-47)63(81)68-22-8-6-7-15-58(78)66-24-32-85-35-34-83-30-20-59(79)67-23-31-84-33-29-73-25-27-74(28-26-73)57-39-49(70-46(4)71-57)40-60-69-42-56(87-60)64(82)72-62-45(3)12-10-14-51(62)65/h9-14,21,36-37,39,41-42,47-48H,5-8,15-20,22-35,38,40,43H2,1-4H3,(H,66,78)(H,67,79)(H,68,81)(H,72,82). The third-order valence-corrected chi connectivity index (χ3v) is 17.9. The van der Waals surface area contributed by atoms with Crippen molar-refractivity contribution >= 4 is 97.0 Å². The Balaban J connectivity index is 0.577. The fourth-order valence-electron chi connectivity index (χ4n) is 11.0. The molecule has 0 spiro atoms. The Bertz CT molecular complexity index is 3220. The van der Waals surface area contributed by atoms with Crippen LogP contribution in [0.15, 0.2) is 72.2 Å². The van der Waals surface area contributed by atoms with E-state index in [1.54, 1.807) is 28.5 Å². The van der Waals surface area contributed by atoms with E-state index in [-0.39, 0.29) is 66.7 Å². The first kappa shape index (κ1) is 66.3. The van der Waals surface area contributed by atoms with E-state index in [2.05, 4.69) is 41.0 Å². The molecule has 1 aliphatic carbocycles. The highest BCUT2D eigenvalue weighted by atomic mass is 35.5. The lowest BCUT2D eigenvalue weighted by molar-refractivity contribution is -0.126. The number of carbonyl (C=O) groups is 6. The van der Waals surface area contributed by atoms with Crippen molar-refractivity contribution < 1.29 is 43.0 Å². The number of halogens is 1. The first-order chi connectivity index (χ1) is 42.2. The van der Waals surface area contributed by atoms with Gasteiger partial charge in [0, 0.05) is 102 Å². The number of amides is 5. The number of carbonyl (C=O) groups excluding carboxylic acids is 6. The maximum atomic E-state index is 13.8. The van der Waals surface area contributed by atoms with Crippen LogP contribution in [0.25, 0.3) is 10.2 Å². The summed E-state index contributed by atoms with van der Waals surface area (Å²) in [5.74, 6) is 1.32. The summed E-state index contributed by atoms with van der Waals surface area (Å²) in [5.41, 5.74) is 5.73. The van der Waals surface area contributed by atoms with Crippen molar-refractivity contribution in [3.05, 3.63) is 115 Å². The van der Waals surface area contributed by atoms with E-state index in [4.69, 9.17) is 30.8 Å². The Hall–Kier alpha value is -6.66. The number of anilines is 3. The van der Waals surface area contributed by atoms with E-state index in [1.807, 2.05) is 92.2 Å². The van der Waals surface area contributed by atoms with Gasteiger partial charge in [-0.3, -0.25) is 33.7 Å². The minimum atomic E-state index is -0.252. The summed E-state index contributed by atoms with van der Waals surface area (Å²) in [7, 11) is 0. The van der Waals surface area contributed by atoms with E-state index in [0.29, 0.717) is 106 Å². The van der Waals surface area contributed by atoms with E-state index >= 15 is 0 Å². The fourth-order valence-corrected chi connectivity index (χ4v) is 12.9. The number of piperazine rings is 1. The number of unbranched alkanes of at least 4 members (excludes halogenated alkanes) is 2. The Morgan fingerprint density at radius 1 is 0.759 bits per heavy atom. The predicted octanol–water partition coefficient (Wildman–Crippen LogP) is 8.97. The molecule has 0 radical (unpaired) electrons. The molecular weight excluding hydrogens is 1170 g/mol. The number of thiophene rings is 1. The molecule has 6 aromatic rings. The number of aromatic nitrogens is 4. The number of Topliss-reactive ketones (excluding diaryl/α,β-unsaturated/α-hetero) is 1. The number of fused-ring (bicyclic) bond motifs is 1. The van der Waals surface area contributed by atoms with E-state index in [0.717, 1.165) is 121 Å². The third kappa shape index (κ3) is 20.4. The average Bonchev–Trinajstić information content (AvgIpc) is 1.92. The number of aryl methyl sites for hydroxylation is 3. The maximum Gasteiger partial charge on any atom is 0.267 e. The molecule has 2 aromatic carbocycles. The van der Waals surface area contributed by atoms with Crippen molar-refractivity contribution in [2.75, 3.05) is 114 Å². The minimum absolute atomic E-state index is 0.0377. The van der Waals surface area contributed by atoms with Crippen molar-refractivity contribution in [2.24, 2.45) is 11.8 Å². The number of likely N-dealkylation sites (N-methyl/N-ethyl adjacent to an activating group) is 1. The van der Waals surface area contributed by atoms with Crippen molar-refractivity contribution in [3.8, 4) is 0 Å². The number of thiazole rings is 1. The molecule has 2 aliphatic rings. The summed E-state index contributed by atoms with van der Waals surface area (Å²) in [5, 5.41) is 15.0. The van der Waals surface area contributed by atoms with Gasteiger partial charge in [0.2, 0.25) is 23.6 Å². The molecule has 20 nitrogen and oxygen atoms in total. The normalized spacial score (nSPS) is 15.3. The number of rotatable bonds is 34. The van der Waals surface area contributed by atoms with Crippen LogP contribution in [-0.4, -0.2) is 158 Å². The lowest BCUT2D eigenvalue weighted by Crippen LogP contribution is -2.47. The molecule has 0 atom stereocenters. The summed E-state index contributed by atoms with van der Waals surface area (Å²) in [6.07, 6.45) is 8.54. The smallest absolute Gasteiger partial charge is 0.267 e. The number of nitrogens with one attached hydrogen (secondary N) is 4. The summed E-state index contributed by atoms with van der Waals surface area (Å²) >= 11 is 9.22. The highest BCUT2D eigenvalue weighted by Crippen LogP contribution is 2.34. The summed E-state index contributed by atoms with van der Waals surface area (Å²) in [6.45, 7) is 16.2. The fraction of sp³-hybridized carbons (Fsp3) is 0.516. The quantitative estimate of drug-likeness (QED) is 0.0218. The molecule has 4 N–H and O–H groups in total. The Kier molecular flexibility index (Phi) is 26.1. The zero-order valence-electron chi connectivity index (χ0n) is 50.7. The SMILES string of the molecule is CCN(C(=O)Cn1c(C(=O)CC2CCC(C(=O)NCCCCCC(=O)NCCOCCOCCC(=O)NCCOCCN3CCN(c4cc(Cc5ncc(C(=O)Nc6c(C)cccc6Cl)s5)nc(C)n4)CC3)CC2)cc2sccc21)c1cccc(C)c1. The number of benzene rings is 2. The molecule has 1 saturated carbocycles. The molecule has 0 unspecified atom stereocenters. The molecule has 468 valence electrons. The molecule has 8 rings (SSSR count). The monoisotopic (exact) mass is 1250 g/mol. The van der Waals surface area contributed by atoms with Gasteiger partial charge in [-0.25, -0.2) is 15.0 Å². The van der Waals surface area contributed by atoms with Crippen molar-refractivity contribution in [1.82, 2.24) is 40.4 Å². The van der Waals surface area contributed by atoms with Gasteiger partial charge in [0.05, 0.1) is 83.2 Å². The molecule has 0 bridgehead atoms. The van der Waals surface area contributed by atoms with Gasteiger partial charge in [0.1, 0.15) is 23.1 Å². The third-order valence-electron chi connectivity index (χ3n) is 15.8. The van der Waals surface area contributed by atoms with Crippen LogP contribution in [0.3, 0.4) is 0 Å². The van der Waals surface area contributed by atoms with Crippen molar-refractivity contribution in [3.63, 3.8) is 0 Å². The predicted molar refractivity (Wildman–Crippen MR) is 342 cm³/mol.